The number of hydrogen-bond acceptors (Lipinski definition) is 2. The highest BCUT2D eigenvalue weighted by atomic mass is 35.5. The molecule has 0 saturated carbocycles. The predicted octanol–water partition coefficient (Wildman–Crippen LogP) is 6.50. The molecule has 0 N–H and O–H groups in total. The van der Waals surface area contributed by atoms with E-state index in [9.17, 15) is 4.39 Å². The summed E-state index contributed by atoms with van der Waals surface area (Å²) in [5.41, 5.74) is 6.18. The molecule has 2 nitrogen and oxygen atoms in total. The molecule has 0 amide bonds. The van der Waals surface area contributed by atoms with Crippen molar-refractivity contribution in [1.29, 1.82) is 0 Å². The van der Waals surface area contributed by atoms with E-state index in [4.69, 9.17) is 11.6 Å². The Morgan fingerprint density at radius 3 is 2.20 bits per heavy atom. The summed E-state index contributed by atoms with van der Waals surface area (Å²) in [5, 5.41) is 0.494. The normalized spacial score (nSPS) is 17.9. The molecule has 3 aromatic rings. The highest BCUT2D eigenvalue weighted by Gasteiger charge is 2.31. The minimum Gasteiger partial charge on any atom is -0.280 e. The zero-order chi connectivity index (χ0) is 21.1. The largest absolute Gasteiger partial charge is 0.280 e. The molecule has 1 aliphatic heterocycles. The van der Waals surface area contributed by atoms with E-state index < -0.39 is 0 Å². The molecule has 1 aliphatic rings. The van der Waals surface area contributed by atoms with Crippen LogP contribution >= 0.6 is 11.6 Å². The van der Waals surface area contributed by atoms with E-state index in [0.717, 1.165) is 31.6 Å². The SMILES string of the molecule is Cc1ccc([C@@H]2N(Cc3ccccc3C)CCCN2Cc2ccc(F)cc2Cl)cc1. The Bertz CT molecular complexity index is 1000. The monoisotopic (exact) mass is 422 g/mol. The van der Waals surface area contributed by atoms with Crippen LogP contribution in [0.1, 0.15) is 40.4 Å². The summed E-state index contributed by atoms with van der Waals surface area (Å²) >= 11 is 6.37. The van der Waals surface area contributed by atoms with Crippen molar-refractivity contribution in [2.24, 2.45) is 0 Å². The first-order chi connectivity index (χ1) is 14.5. The quantitative estimate of drug-likeness (QED) is 0.462. The molecule has 3 aromatic carbocycles. The highest BCUT2D eigenvalue weighted by molar-refractivity contribution is 6.31. The molecule has 4 heteroatoms. The van der Waals surface area contributed by atoms with Crippen LogP contribution < -0.4 is 0 Å². The summed E-state index contributed by atoms with van der Waals surface area (Å²) in [5.74, 6) is -0.293. The van der Waals surface area contributed by atoms with Gasteiger partial charge in [-0.15, -0.1) is 0 Å². The van der Waals surface area contributed by atoms with Crippen molar-refractivity contribution in [2.75, 3.05) is 13.1 Å². The molecule has 0 radical (unpaired) electrons. The van der Waals surface area contributed by atoms with Crippen LogP contribution in [0.4, 0.5) is 4.39 Å². The number of rotatable bonds is 5. The predicted molar refractivity (Wildman–Crippen MR) is 122 cm³/mol. The second-order valence-electron chi connectivity index (χ2n) is 8.24. The Kier molecular flexibility index (Phi) is 6.52. The molecule has 30 heavy (non-hydrogen) atoms. The number of benzene rings is 3. The standard InChI is InChI=1S/C26H28ClFN2/c1-19-8-10-21(11-9-19)26-29(17-22-7-4-3-6-20(22)2)14-5-15-30(26)18-23-12-13-24(28)16-25(23)27/h3-4,6-13,16,26H,5,14-15,17-18H2,1-2H3/t26-/m1/s1. The summed E-state index contributed by atoms with van der Waals surface area (Å²) in [4.78, 5) is 5.01. The molecule has 1 heterocycles. The van der Waals surface area contributed by atoms with Gasteiger partial charge in [0, 0.05) is 31.2 Å². The molecule has 4 rings (SSSR count). The molecule has 0 bridgehead atoms. The van der Waals surface area contributed by atoms with E-state index >= 15 is 0 Å². The lowest BCUT2D eigenvalue weighted by atomic mass is 10.0. The lowest BCUT2D eigenvalue weighted by Gasteiger charge is -2.44. The fourth-order valence-corrected chi connectivity index (χ4v) is 4.55. The third-order valence-electron chi connectivity index (χ3n) is 5.98. The molecule has 1 fully saturated rings. The number of halogens is 2. The van der Waals surface area contributed by atoms with Crippen molar-refractivity contribution in [1.82, 2.24) is 9.80 Å². The first kappa shape index (κ1) is 21.0. The van der Waals surface area contributed by atoms with Crippen LogP contribution in [0.3, 0.4) is 0 Å². The second kappa shape index (κ2) is 9.30. The van der Waals surface area contributed by atoms with Gasteiger partial charge in [-0.3, -0.25) is 9.80 Å². The van der Waals surface area contributed by atoms with Gasteiger partial charge in [0.25, 0.3) is 0 Å². The van der Waals surface area contributed by atoms with Crippen molar-refractivity contribution in [3.8, 4) is 0 Å². The van der Waals surface area contributed by atoms with E-state index in [2.05, 4.69) is 72.2 Å². The lowest BCUT2D eigenvalue weighted by molar-refractivity contribution is -0.00918. The number of hydrogen-bond donors (Lipinski definition) is 0. The van der Waals surface area contributed by atoms with Gasteiger partial charge >= 0.3 is 0 Å². The summed E-state index contributed by atoms with van der Waals surface area (Å²) < 4.78 is 13.5. The summed E-state index contributed by atoms with van der Waals surface area (Å²) in [6.45, 7) is 7.92. The van der Waals surface area contributed by atoms with Crippen molar-refractivity contribution in [3.63, 3.8) is 0 Å². The number of nitrogens with zero attached hydrogens (tertiary/aromatic N) is 2. The minimum atomic E-state index is -0.293. The fraction of sp³-hybridized carbons (Fsp3) is 0.308. The molecule has 1 atom stereocenters. The van der Waals surface area contributed by atoms with E-state index in [-0.39, 0.29) is 12.0 Å². The Morgan fingerprint density at radius 2 is 1.53 bits per heavy atom. The van der Waals surface area contributed by atoms with Crippen LogP contribution in [0, 0.1) is 19.7 Å². The Labute approximate surface area is 183 Å². The van der Waals surface area contributed by atoms with Gasteiger partial charge in [-0.1, -0.05) is 71.8 Å². The Hall–Kier alpha value is -2.20. The highest BCUT2D eigenvalue weighted by Crippen LogP contribution is 2.33. The average molecular weight is 423 g/mol. The number of aryl methyl sites for hydroxylation is 2. The Balaban J connectivity index is 1.67. The van der Waals surface area contributed by atoms with Crippen molar-refractivity contribution < 1.29 is 4.39 Å². The maximum absolute atomic E-state index is 13.5. The van der Waals surface area contributed by atoms with E-state index in [1.54, 1.807) is 0 Å². The van der Waals surface area contributed by atoms with E-state index in [1.165, 1.54) is 34.4 Å². The molecule has 0 spiro atoms. The molecule has 0 aromatic heterocycles. The van der Waals surface area contributed by atoms with Gasteiger partial charge in [0.2, 0.25) is 0 Å². The van der Waals surface area contributed by atoms with Crippen molar-refractivity contribution in [2.45, 2.75) is 39.5 Å². The first-order valence-electron chi connectivity index (χ1n) is 10.5. The van der Waals surface area contributed by atoms with Crippen LogP contribution in [0.5, 0.6) is 0 Å². The van der Waals surface area contributed by atoms with Gasteiger partial charge in [-0.2, -0.15) is 0 Å². The van der Waals surface area contributed by atoms with Gasteiger partial charge in [0.15, 0.2) is 0 Å². The first-order valence-corrected chi connectivity index (χ1v) is 10.9. The van der Waals surface area contributed by atoms with Gasteiger partial charge in [0.1, 0.15) is 5.82 Å². The summed E-state index contributed by atoms with van der Waals surface area (Å²) in [7, 11) is 0. The van der Waals surface area contributed by atoms with E-state index in [1.807, 2.05) is 6.07 Å². The Morgan fingerprint density at radius 1 is 0.867 bits per heavy atom. The van der Waals surface area contributed by atoms with E-state index in [0.29, 0.717) is 11.6 Å². The molecule has 0 aliphatic carbocycles. The third kappa shape index (κ3) is 4.75. The molecule has 0 unspecified atom stereocenters. The van der Waals surface area contributed by atoms with Crippen LogP contribution in [0.2, 0.25) is 5.02 Å². The summed E-state index contributed by atoms with van der Waals surface area (Å²) in [6, 6.07) is 22.1. The van der Waals surface area contributed by atoms with Crippen LogP contribution in [-0.2, 0) is 13.1 Å². The van der Waals surface area contributed by atoms with Crippen molar-refractivity contribution in [3.05, 3.63) is 105 Å². The topological polar surface area (TPSA) is 6.48 Å². The molecule has 1 saturated heterocycles. The lowest BCUT2D eigenvalue weighted by Crippen LogP contribution is -2.47. The van der Waals surface area contributed by atoms with Crippen LogP contribution in [-0.4, -0.2) is 22.9 Å². The van der Waals surface area contributed by atoms with Crippen LogP contribution in [0.25, 0.3) is 0 Å². The molecular weight excluding hydrogens is 395 g/mol. The fourth-order valence-electron chi connectivity index (χ4n) is 4.32. The van der Waals surface area contributed by atoms with Gasteiger partial charge < -0.3 is 0 Å². The maximum Gasteiger partial charge on any atom is 0.124 e. The zero-order valence-electron chi connectivity index (χ0n) is 17.6. The van der Waals surface area contributed by atoms with Gasteiger partial charge in [-0.05, 0) is 54.7 Å². The second-order valence-corrected chi connectivity index (χ2v) is 8.65. The molecule has 156 valence electrons. The third-order valence-corrected chi connectivity index (χ3v) is 6.33. The smallest absolute Gasteiger partial charge is 0.124 e. The van der Waals surface area contributed by atoms with Gasteiger partial charge in [0.05, 0.1) is 6.17 Å². The average Bonchev–Trinajstić information content (AvgIpc) is 2.73. The van der Waals surface area contributed by atoms with Gasteiger partial charge in [-0.25, -0.2) is 4.39 Å². The van der Waals surface area contributed by atoms with Crippen molar-refractivity contribution >= 4 is 11.6 Å². The summed E-state index contributed by atoms with van der Waals surface area (Å²) in [6.07, 6.45) is 1.24. The maximum atomic E-state index is 13.5. The minimum absolute atomic E-state index is 0.153. The molecular formula is C26H28ClFN2. The zero-order valence-corrected chi connectivity index (χ0v) is 18.4. The van der Waals surface area contributed by atoms with Crippen LogP contribution in [0.15, 0.2) is 66.7 Å².